The summed E-state index contributed by atoms with van der Waals surface area (Å²) in [5, 5.41) is 3.00. The first-order valence-corrected chi connectivity index (χ1v) is 28.8. The van der Waals surface area contributed by atoms with Crippen LogP contribution in [-0.4, -0.2) is 69.4 Å². The van der Waals surface area contributed by atoms with Crippen molar-refractivity contribution in [3.63, 3.8) is 0 Å². The predicted molar refractivity (Wildman–Crippen MR) is 275 cm³/mol. The Kier molecular flexibility index (Phi) is 44.7. The number of carbonyl (C=O) groups is 2. The van der Waals surface area contributed by atoms with Crippen molar-refractivity contribution >= 4 is 19.7 Å². The van der Waals surface area contributed by atoms with Crippen molar-refractivity contribution in [1.29, 1.82) is 0 Å². The van der Waals surface area contributed by atoms with E-state index in [0.717, 1.165) is 70.6 Å². The summed E-state index contributed by atoms with van der Waals surface area (Å²) in [6.45, 7) is 6.80. The third kappa shape index (κ3) is 47.1. The first kappa shape index (κ1) is 63.2. The van der Waals surface area contributed by atoms with E-state index in [-0.39, 0.29) is 24.9 Å². The van der Waals surface area contributed by atoms with Gasteiger partial charge >= 0.3 is 5.97 Å². The lowest BCUT2D eigenvalue weighted by Gasteiger charge is -2.30. The van der Waals surface area contributed by atoms with Crippen molar-refractivity contribution < 1.29 is 37.3 Å². The Morgan fingerprint density at radius 1 is 0.523 bits per heavy atom. The molecule has 0 spiro atoms. The smallest absolute Gasteiger partial charge is 0.306 e. The van der Waals surface area contributed by atoms with Gasteiger partial charge in [-0.15, -0.1) is 0 Å². The molecular weight excluding hydrogens is 832 g/mol. The Morgan fingerprint density at radius 3 is 1.31 bits per heavy atom. The molecule has 0 bridgehead atoms. The minimum atomic E-state index is -4.69. The van der Waals surface area contributed by atoms with Crippen LogP contribution in [0.25, 0.3) is 0 Å². The quantitative estimate of drug-likeness (QED) is 0.0212. The highest BCUT2D eigenvalue weighted by molar-refractivity contribution is 7.45. The van der Waals surface area contributed by atoms with Crippen LogP contribution in [0.4, 0.5) is 0 Å². The molecule has 382 valence electrons. The Hall–Kier alpha value is -1.77. The van der Waals surface area contributed by atoms with Crippen molar-refractivity contribution in [2.75, 3.05) is 40.9 Å². The molecule has 0 rings (SSSR count). The molecule has 0 saturated carbocycles. The number of allylic oxidation sites excluding steroid dienone is 5. The zero-order valence-corrected chi connectivity index (χ0v) is 44.3. The van der Waals surface area contributed by atoms with Gasteiger partial charge in [0.25, 0.3) is 7.82 Å². The minimum Gasteiger partial charge on any atom is -0.756 e. The van der Waals surface area contributed by atoms with Crippen molar-refractivity contribution in [3.05, 3.63) is 36.5 Å². The molecule has 0 radical (unpaired) electrons. The average molecular weight is 937 g/mol. The molecule has 1 N–H and O–H groups in total. The lowest BCUT2D eigenvalue weighted by atomic mass is 10.1. The molecule has 1 amide bonds. The van der Waals surface area contributed by atoms with Crippen LogP contribution >= 0.6 is 7.82 Å². The highest BCUT2D eigenvalue weighted by Gasteiger charge is 2.27. The summed E-state index contributed by atoms with van der Waals surface area (Å²) in [5.41, 5.74) is 0. The average Bonchev–Trinajstić information content (AvgIpc) is 3.26. The van der Waals surface area contributed by atoms with Gasteiger partial charge in [-0.05, 0) is 83.1 Å². The number of carbonyl (C=O) groups excluding carboxylic acids is 2. The van der Waals surface area contributed by atoms with Gasteiger partial charge in [0, 0.05) is 12.8 Å². The van der Waals surface area contributed by atoms with Crippen LogP contribution in [-0.2, 0) is 27.9 Å². The number of unbranched alkanes of at least 4 members (excludes halogenated alkanes) is 29. The molecule has 0 saturated heterocycles. The van der Waals surface area contributed by atoms with E-state index in [0.29, 0.717) is 30.3 Å². The van der Waals surface area contributed by atoms with Crippen LogP contribution < -0.4 is 10.2 Å². The zero-order chi connectivity index (χ0) is 48.0. The fourth-order valence-electron chi connectivity index (χ4n) is 7.75. The summed E-state index contributed by atoms with van der Waals surface area (Å²) in [6.07, 6.45) is 52.5. The van der Waals surface area contributed by atoms with Gasteiger partial charge in [0.1, 0.15) is 19.3 Å². The van der Waals surface area contributed by atoms with Crippen molar-refractivity contribution in [2.45, 2.75) is 264 Å². The summed E-state index contributed by atoms with van der Waals surface area (Å²) in [7, 11) is 1.17. The van der Waals surface area contributed by atoms with E-state index in [1.54, 1.807) is 0 Å². The molecule has 0 aliphatic heterocycles. The molecule has 9 nitrogen and oxygen atoms in total. The largest absolute Gasteiger partial charge is 0.756 e. The molecule has 0 aliphatic carbocycles. The fraction of sp³-hybridized carbons (Fsp3) is 0.855. The topological polar surface area (TPSA) is 114 Å². The van der Waals surface area contributed by atoms with Gasteiger partial charge in [-0.2, -0.15) is 0 Å². The second kappa shape index (κ2) is 46.0. The van der Waals surface area contributed by atoms with Crippen molar-refractivity contribution in [2.24, 2.45) is 0 Å². The third-order valence-corrected chi connectivity index (χ3v) is 13.0. The molecule has 3 atom stereocenters. The maximum absolute atomic E-state index is 13.4. The number of esters is 1. The Labute approximate surface area is 402 Å². The fourth-order valence-corrected chi connectivity index (χ4v) is 8.47. The monoisotopic (exact) mass is 937 g/mol. The first-order chi connectivity index (χ1) is 31.4. The second-order valence-electron chi connectivity index (χ2n) is 19.7. The number of rotatable bonds is 49. The molecule has 3 unspecified atom stereocenters. The molecule has 0 aliphatic rings. The van der Waals surface area contributed by atoms with E-state index >= 15 is 0 Å². The van der Waals surface area contributed by atoms with Gasteiger partial charge in [-0.3, -0.25) is 14.2 Å². The summed E-state index contributed by atoms with van der Waals surface area (Å²) in [4.78, 5) is 39.7. The first-order valence-electron chi connectivity index (χ1n) is 27.3. The maximum atomic E-state index is 13.4. The Balaban J connectivity index is 5.42. The van der Waals surface area contributed by atoms with E-state index in [2.05, 4.69) is 50.4 Å². The SMILES string of the molecule is CCCCCCCCC/C=C\CCCCCC(=O)NC(COP(=O)([O-])OCC[N+](C)(C)C)C(/C=C/CCCCCCCCCCC)OC(=O)CCCCC/C=C\CCCCCCCCC. The van der Waals surface area contributed by atoms with Crippen LogP contribution in [0.3, 0.4) is 0 Å². The number of likely N-dealkylation sites (N-methyl/N-ethyl adjacent to an activating group) is 1. The number of ether oxygens (including phenoxy) is 1. The highest BCUT2D eigenvalue weighted by atomic mass is 31.2. The van der Waals surface area contributed by atoms with Crippen molar-refractivity contribution in [1.82, 2.24) is 5.32 Å². The molecule has 0 heterocycles. The van der Waals surface area contributed by atoms with E-state index < -0.39 is 26.6 Å². The standard InChI is InChI=1S/C55H105N2O7P/c1-7-10-13-16-19-22-25-27-29-32-35-38-41-44-47-54(58)56-52(51-63-65(60,61)62-50-49-57(4,5)6)53(46-43-40-37-34-31-24-21-18-15-12-9-3)64-55(59)48-45-42-39-36-33-30-28-26-23-20-17-14-11-8-2/h29-30,32-33,43,46,52-53H,7-28,31,34-42,44-45,47-51H2,1-6H3,(H-,56,58,60,61)/b32-29-,33-30-,46-43+. The Bertz CT molecular complexity index is 1220. The number of quaternary nitrogens is 1. The number of nitrogens with zero attached hydrogens (tertiary/aromatic N) is 1. The van der Waals surface area contributed by atoms with Crippen LogP contribution in [0, 0.1) is 0 Å². The van der Waals surface area contributed by atoms with Crippen LogP contribution in [0.15, 0.2) is 36.5 Å². The maximum Gasteiger partial charge on any atom is 0.306 e. The van der Waals surface area contributed by atoms with Gasteiger partial charge in [0.2, 0.25) is 5.91 Å². The number of hydrogen-bond donors (Lipinski definition) is 1. The number of hydrogen-bond acceptors (Lipinski definition) is 7. The van der Waals surface area contributed by atoms with E-state index in [9.17, 15) is 19.0 Å². The second-order valence-corrected chi connectivity index (χ2v) is 21.1. The molecule has 0 fully saturated rings. The van der Waals surface area contributed by atoms with Gasteiger partial charge in [0.05, 0.1) is 33.8 Å². The zero-order valence-electron chi connectivity index (χ0n) is 43.4. The van der Waals surface area contributed by atoms with Crippen molar-refractivity contribution in [3.8, 4) is 0 Å². The number of amides is 1. The molecular formula is C55H105N2O7P. The highest BCUT2D eigenvalue weighted by Crippen LogP contribution is 2.38. The van der Waals surface area contributed by atoms with Gasteiger partial charge in [-0.25, -0.2) is 0 Å². The molecule has 10 heteroatoms. The van der Waals surface area contributed by atoms with E-state index in [1.807, 2.05) is 33.3 Å². The summed E-state index contributed by atoms with van der Waals surface area (Å²) >= 11 is 0. The number of phosphoric ester groups is 1. The van der Waals surface area contributed by atoms with Gasteiger partial charge in [-0.1, -0.05) is 192 Å². The Morgan fingerprint density at radius 2 is 0.892 bits per heavy atom. The van der Waals surface area contributed by atoms with E-state index in [1.165, 1.54) is 135 Å². The van der Waals surface area contributed by atoms with E-state index in [4.69, 9.17) is 13.8 Å². The van der Waals surface area contributed by atoms with Crippen LogP contribution in [0.2, 0.25) is 0 Å². The molecule has 0 aromatic rings. The molecule has 0 aromatic carbocycles. The lowest BCUT2D eigenvalue weighted by Crippen LogP contribution is -2.47. The van der Waals surface area contributed by atoms with Gasteiger partial charge in [0.15, 0.2) is 0 Å². The van der Waals surface area contributed by atoms with Crippen LogP contribution in [0.5, 0.6) is 0 Å². The normalized spacial score (nSPS) is 14.1. The summed E-state index contributed by atoms with van der Waals surface area (Å²) in [6, 6.07) is -0.897. The van der Waals surface area contributed by atoms with Gasteiger partial charge < -0.3 is 28.5 Å². The molecule has 0 aromatic heterocycles. The third-order valence-electron chi connectivity index (χ3n) is 12.0. The lowest BCUT2D eigenvalue weighted by molar-refractivity contribution is -0.870. The number of phosphoric acid groups is 1. The molecule has 65 heavy (non-hydrogen) atoms. The minimum absolute atomic E-state index is 0.0261. The number of nitrogens with one attached hydrogen (secondary N) is 1. The van der Waals surface area contributed by atoms with Crippen LogP contribution in [0.1, 0.15) is 252 Å². The predicted octanol–water partition coefficient (Wildman–Crippen LogP) is 15.4. The summed E-state index contributed by atoms with van der Waals surface area (Å²) in [5.74, 6) is -0.575. The summed E-state index contributed by atoms with van der Waals surface area (Å²) < 4.78 is 30.1.